The number of rotatable bonds is 7. The standard InChI is InChI=1S/C23H21N5O4S/c24-28-23(30)19-13-22(27-21-9-10-25-14-20(19)21)17-3-1-15(2-4-17)16-5-7-18(8-6-16)33(31,32)26-11-12-29/h1-10,13-14,26,29H,11-12,24H2,(H,28,30). The highest BCUT2D eigenvalue weighted by Gasteiger charge is 2.15. The molecule has 2 aromatic carbocycles. The van der Waals surface area contributed by atoms with Crippen LogP contribution in [0.3, 0.4) is 0 Å². The van der Waals surface area contributed by atoms with Crippen LogP contribution in [-0.4, -0.2) is 42.6 Å². The van der Waals surface area contributed by atoms with Gasteiger partial charge in [-0.2, -0.15) is 0 Å². The fourth-order valence-electron chi connectivity index (χ4n) is 3.41. The summed E-state index contributed by atoms with van der Waals surface area (Å²) >= 11 is 0. The van der Waals surface area contributed by atoms with Gasteiger partial charge in [0, 0.05) is 29.9 Å². The first-order chi connectivity index (χ1) is 15.9. The Kier molecular flexibility index (Phi) is 6.43. The molecule has 9 nitrogen and oxygen atoms in total. The Bertz CT molecular complexity index is 1410. The van der Waals surface area contributed by atoms with Crippen LogP contribution in [0.15, 0.2) is 78.0 Å². The third kappa shape index (κ3) is 4.73. The van der Waals surface area contributed by atoms with Crippen molar-refractivity contribution >= 4 is 26.8 Å². The molecule has 0 atom stereocenters. The molecule has 0 aliphatic rings. The van der Waals surface area contributed by atoms with Crippen LogP contribution in [0.1, 0.15) is 10.4 Å². The molecule has 2 aromatic heterocycles. The van der Waals surface area contributed by atoms with Crippen molar-refractivity contribution in [2.24, 2.45) is 5.84 Å². The largest absolute Gasteiger partial charge is 0.395 e. The van der Waals surface area contributed by atoms with Gasteiger partial charge in [0.15, 0.2) is 0 Å². The van der Waals surface area contributed by atoms with Crippen molar-refractivity contribution in [3.63, 3.8) is 0 Å². The van der Waals surface area contributed by atoms with Crippen molar-refractivity contribution < 1.29 is 18.3 Å². The van der Waals surface area contributed by atoms with Crippen LogP contribution in [0.25, 0.3) is 33.3 Å². The van der Waals surface area contributed by atoms with E-state index in [0.29, 0.717) is 22.2 Å². The molecule has 0 aliphatic heterocycles. The van der Waals surface area contributed by atoms with Crippen molar-refractivity contribution in [1.82, 2.24) is 20.1 Å². The number of nitrogens with two attached hydrogens (primary N) is 1. The number of nitrogens with one attached hydrogen (secondary N) is 2. The van der Waals surface area contributed by atoms with E-state index in [0.717, 1.165) is 16.7 Å². The summed E-state index contributed by atoms with van der Waals surface area (Å²) < 4.78 is 26.6. The Morgan fingerprint density at radius 2 is 1.61 bits per heavy atom. The van der Waals surface area contributed by atoms with Gasteiger partial charge in [-0.1, -0.05) is 36.4 Å². The van der Waals surface area contributed by atoms with Gasteiger partial charge in [0.2, 0.25) is 10.0 Å². The molecular formula is C23H21N5O4S. The van der Waals surface area contributed by atoms with Gasteiger partial charge in [0.25, 0.3) is 5.91 Å². The van der Waals surface area contributed by atoms with Crippen molar-refractivity contribution in [2.75, 3.05) is 13.2 Å². The Hall–Kier alpha value is -3.70. The molecule has 0 radical (unpaired) electrons. The summed E-state index contributed by atoms with van der Waals surface area (Å²) in [4.78, 5) is 21.1. The maximum atomic E-state index is 12.3. The second kappa shape index (κ2) is 9.43. The summed E-state index contributed by atoms with van der Waals surface area (Å²) in [6.45, 7) is -0.315. The summed E-state index contributed by atoms with van der Waals surface area (Å²) in [5.74, 6) is 4.90. The molecule has 10 heteroatoms. The summed E-state index contributed by atoms with van der Waals surface area (Å²) in [6, 6.07) is 17.4. The van der Waals surface area contributed by atoms with Crippen LogP contribution in [0.2, 0.25) is 0 Å². The van der Waals surface area contributed by atoms with Crippen LogP contribution in [0.5, 0.6) is 0 Å². The first kappa shape index (κ1) is 22.5. The van der Waals surface area contributed by atoms with E-state index in [1.807, 2.05) is 24.3 Å². The molecule has 0 spiro atoms. The Balaban J connectivity index is 1.64. The van der Waals surface area contributed by atoms with E-state index in [4.69, 9.17) is 10.9 Å². The predicted octanol–water partition coefficient (Wildman–Crippen LogP) is 1.84. The topological polar surface area (TPSA) is 147 Å². The van der Waals surface area contributed by atoms with E-state index < -0.39 is 15.9 Å². The number of nitrogens with zero attached hydrogens (tertiary/aromatic N) is 2. The third-order valence-electron chi connectivity index (χ3n) is 5.07. The van der Waals surface area contributed by atoms with Crippen LogP contribution >= 0.6 is 0 Å². The number of pyridine rings is 2. The lowest BCUT2D eigenvalue weighted by Crippen LogP contribution is -2.30. The minimum Gasteiger partial charge on any atom is -0.395 e. The quantitative estimate of drug-likeness (QED) is 0.186. The molecule has 0 aliphatic carbocycles. The zero-order chi connectivity index (χ0) is 23.4. The molecule has 0 saturated carbocycles. The number of aliphatic hydroxyl groups is 1. The van der Waals surface area contributed by atoms with Gasteiger partial charge >= 0.3 is 0 Å². The SMILES string of the molecule is NNC(=O)c1cc(-c2ccc(-c3ccc(S(=O)(=O)NCCO)cc3)cc2)nc2ccncc12. The Labute approximate surface area is 190 Å². The fraction of sp³-hybridized carbons (Fsp3) is 0.0870. The smallest absolute Gasteiger partial charge is 0.265 e. The fourth-order valence-corrected chi connectivity index (χ4v) is 4.43. The molecule has 0 fully saturated rings. The minimum absolute atomic E-state index is 0.0421. The second-order valence-electron chi connectivity index (χ2n) is 7.14. The predicted molar refractivity (Wildman–Crippen MR) is 124 cm³/mol. The zero-order valence-electron chi connectivity index (χ0n) is 17.4. The van der Waals surface area contributed by atoms with Crippen LogP contribution in [0.4, 0.5) is 0 Å². The number of hydrogen-bond donors (Lipinski definition) is 4. The molecule has 33 heavy (non-hydrogen) atoms. The van der Waals surface area contributed by atoms with Gasteiger partial charge in [-0.15, -0.1) is 0 Å². The molecule has 2 heterocycles. The molecule has 4 rings (SSSR count). The van der Waals surface area contributed by atoms with Crippen LogP contribution in [0, 0.1) is 0 Å². The lowest BCUT2D eigenvalue weighted by atomic mass is 10.0. The molecule has 0 saturated heterocycles. The van der Waals surface area contributed by atoms with Crippen molar-refractivity contribution in [3.8, 4) is 22.4 Å². The Morgan fingerprint density at radius 1 is 0.970 bits per heavy atom. The number of aromatic nitrogens is 2. The summed E-state index contributed by atoms with van der Waals surface area (Å²) in [7, 11) is -3.66. The van der Waals surface area contributed by atoms with E-state index in [2.05, 4.69) is 20.1 Å². The monoisotopic (exact) mass is 463 g/mol. The number of benzene rings is 2. The molecular weight excluding hydrogens is 442 g/mol. The number of fused-ring (bicyclic) bond motifs is 1. The van der Waals surface area contributed by atoms with Gasteiger partial charge in [-0.05, 0) is 35.4 Å². The first-order valence-corrected chi connectivity index (χ1v) is 11.5. The van der Waals surface area contributed by atoms with Crippen molar-refractivity contribution in [2.45, 2.75) is 4.90 Å². The number of hydrogen-bond acceptors (Lipinski definition) is 7. The van der Waals surface area contributed by atoms with Gasteiger partial charge < -0.3 is 5.11 Å². The minimum atomic E-state index is -3.66. The average Bonchev–Trinajstić information content (AvgIpc) is 2.86. The number of carbonyl (C=O) groups excluding carboxylic acids is 1. The van der Waals surface area contributed by atoms with Gasteiger partial charge in [-0.3, -0.25) is 15.2 Å². The lowest BCUT2D eigenvalue weighted by Gasteiger charge is -2.10. The Morgan fingerprint density at radius 3 is 2.24 bits per heavy atom. The highest BCUT2D eigenvalue weighted by atomic mass is 32.2. The molecule has 168 valence electrons. The first-order valence-electron chi connectivity index (χ1n) is 10.00. The van der Waals surface area contributed by atoms with Gasteiger partial charge in [0.1, 0.15) is 0 Å². The molecule has 4 aromatic rings. The normalized spacial score (nSPS) is 11.5. The summed E-state index contributed by atoms with van der Waals surface area (Å²) in [5, 5.41) is 9.42. The molecule has 0 bridgehead atoms. The highest BCUT2D eigenvalue weighted by molar-refractivity contribution is 7.89. The average molecular weight is 464 g/mol. The van der Waals surface area contributed by atoms with E-state index in [9.17, 15) is 13.2 Å². The zero-order valence-corrected chi connectivity index (χ0v) is 18.2. The molecule has 1 amide bonds. The number of aliphatic hydroxyl groups excluding tert-OH is 1. The number of hydrazine groups is 1. The molecule has 0 unspecified atom stereocenters. The van der Waals surface area contributed by atoms with Gasteiger partial charge in [-0.25, -0.2) is 24.0 Å². The van der Waals surface area contributed by atoms with Crippen molar-refractivity contribution in [3.05, 3.63) is 78.6 Å². The number of sulfonamides is 1. The van der Waals surface area contributed by atoms with E-state index in [1.165, 1.54) is 12.1 Å². The highest BCUT2D eigenvalue weighted by Crippen LogP contribution is 2.27. The van der Waals surface area contributed by atoms with E-state index >= 15 is 0 Å². The second-order valence-corrected chi connectivity index (χ2v) is 8.91. The van der Waals surface area contributed by atoms with E-state index in [1.54, 1.807) is 36.7 Å². The summed E-state index contributed by atoms with van der Waals surface area (Å²) in [5.41, 5.74) is 6.28. The number of nitrogen functional groups attached to an aromatic ring is 1. The van der Waals surface area contributed by atoms with Crippen LogP contribution < -0.4 is 16.0 Å². The third-order valence-corrected chi connectivity index (χ3v) is 6.55. The lowest BCUT2D eigenvalue weighted by molar-refractivity contribution is 0.0955. The maximum absolute atomic E-state index is 12.3. The van der Waals surface area contributed by atoms with E-state index in [-0.39, 0.29) is 18.0 Å². The maximum Gasteiger partial charge on any atom is 0.265 e. The summed E-state index contributed by atoms with van der Waals surface area (Å²) in [6.07, 6.45) is 3.18. The van der Waals surface area contributed by atoms with Crippen LogP contribution in [-0.2, 0) is 10.0 Å². The van der Waals surface area contributed by atoms with Gasteiger partial charge in [0.05, 0.1) is 28.3 Å². The molecule has 5 N–H and O–H groups in total. The number of amides is 1. The number of carbonyl (C=O) groups is 1. The van der Waals surface area contributed by atoms with Crippen molar-refractivity contribution in [1.29, 1.82) is 0 Å².